The van der Waals surface area contributed by atoms with Crippen molar-refractivity contribution < 1.29 is 9.53 Å². The summed E-state index contributed by atoms with van der Waals surface area (Å²) in [7, 11) is 1.64. The zero-order valence-electron chi connectivity index (χ0n) is 14.5. The summed E-state index contributed by atoms with van der Waals surface area (Å²) in [5.41, 5.74) is 6.28. The number of carbonyl (C=O) groups excluding carboxylic acids is 1. The molecule has 1 atom stereocenters. The lowest BCUT2D eigenvalue weighted by Gasteiger charge is -2.28. The summed E-state index contributed by atoms with van der Waals surface area (Å²) in [6.45, 7) is 3.67. The van der Waals surface area contributed by atoms with Crippen LogP contribution in [0.25, 0.3) is 5.69 Å². The van der Waals surface area contributed by atoms with Crippen molar-refractivity contribution in [2.45, 2.75) is 36.6 Å². The number of para-hydroxylation sites is 2. The topological polar surface area (TPSA) is 86.3 Å². The number of ether oxygens (including phenoxy) is 1. The zero-order chi connectivity index (χ0) is 17.8. The smallest absolute Gasteiger partial charge is 0.232 e. The summed E-state index contributed by atoms with van der Waals surface area (Å²) in [5.74, 6) is 1.14. The number of rotatable bonds is 6. The second-order valence-electron chi connectivity index (χ2n) is 6.00. The number of hydrogen-bond acceptors (Lipinski definition) is 6. The van der Waals surface area contributed by atoms with E-state index in [1.54, 1.807) is 14.0 Å². The van der Waals surface area contributed by atoms with E-state index in [1.807, 2.05) is 28.8 Å². The van der Waals surface area contributed by atoms with Crippen LogP contribution in [0.3, 0.4) is 0 Å². The Labute approximate surface area is 151 Å². The molecule has 1 aliphatic rings. The Morgan fingerprint density at radius 3 is 2.64 bits per heavy atom. The van der Waals surface area contributed by atoms with E-state index in [4.69, 9.17) is 10.5 Å². The lowest BCUT2D eigenvalue weighted by Crippen LogP contribution is -2.32. The first kappa shape index (κ1) is 17.6. The lowest BCUT2D eigenvalue weighted by atomic mass is 10.1. The van der Waals surface area contributed by atoms with E-state index in [-0.39, 0.29) is 5.91 Å². The number of benzene rings is 1. The maximum Gasteiger partial charge on any atom is 0.232 e. The summed E-state index contributed by atoms with van der Waals surface area (Å²) in [5, 5.41) is 8.99. The minimum atomic E-state index is -0.396. The maximum atomic E-state index is 11.5. The van der Waals surface area contributed by atoms with E-state index in [0.717, 1.165) is 43.3 Å². The molecule has 0 radical (unpaired) electrons. The van der Waals surface area contributed by atoms with Gasteiger partial charge in [0.2, 0.25) is 11.9 Å². The molecule has 3 rings (SSSR count). The average Bonchev–Trinajstić information content (AvgIpc) is 3.05. The van der Waals surface area contributed by atoms with E-state index >= 15 is 0 Å². The van der Waals surface area contributed by atoms with Crippen LogP contribution in [0.5, 0.6) is 5.75 Å². The summed E-state index contributed by atoms with van der Waals surface area (Å²) in [6, 6.07) is 7.74. The highest BCUT2D eigenvalue weighted by Crippen LogP contribution is 2.34. The van der Waals surface area contributed by atoms with Crippen molar-refractivity contribution >= 4 is 23.6 Å². The first-order valence-corrected chi connectivity index (χ1v) is 9.29. The van der Waals surface area contributed by atoms with E-state index in [0.29, 0.717) is 5.16 Å². The predicted molar refractivity (Wildman–Crippen MR) is 98.5 cm³/mol. The molecular weight excluding hydrogens is 338 g/mol. The highest BCUT2D eigenvalue weighted by Gasteiger charge is 2.25. The van der Waals surface area contributed by atoms with Gasteiger partial charge >= 0.3 is 0 Å². The van der Waals surface area contributed by atoms with Crippen LogP contribution >= 0.6 is 11.8 Å². The molecule has 1 saturated heterocycles. The zero-order valence-corrected chi connectivity index (χ0v) is 15.3. The molecule has 1 fully saturated rings. The van der Waals surface area contributed by atoms with Crippen LogP contribution in [-0.4, -0.2) is 46.1 Å². The van der Waals surface area contributed by atoms with Crippen molar-refractivity contribution in [1.82, 2.24) is 14.8 Å². The Hall–Kier alpha value is -2.22. The van der Waals surface area contributed by atoms with Gasteiger partial charge < -0.3 is 15.4 Å². The molecule has 1 aromatic heterocycles. The minimum absolute atomic E-state index is 0.376. The van der Waals surface area contributed by atoms with Gasteiger partial charge in [-0.25, -0.2) is 0 Å². The molecule has 8 heteroatoms. The largest absolute Gasteiger partial charge is 0.495 e. The lowest BCUT2D eigenvalue weighted by molar-refractivity contribution is -0.117. The van der Waals surface area contributed by atoms with Gasteiger partial charge in [-0.3, -0.25) is 9.36 Å². The Kier molecular flexibility index (Phi) is 5.47. The third-order valence-electron chi connectivity index (χ3n) is 4.26. The molecule has 2 N–H and O–H groups in total. The normalized spacial score (nSPS) is 15.8. The number of anilines is 1. The summed E-state index contributed by atoms with van der Waals surface area (Å²) in [4.78, 5) is 13.7. The quantitative estimate of drug-likeness (QED) is 0.794. The van der Waals surface area contributed by atoms with E-state index in [9.17, 15) is 4.79 Å². The SMILES string of the molecule is COc1ccccc1-n1c(S[C@H](C)C(N)=O)nnc1N1CCCCC1. The van der Waals surface area contributed by atoms with Gasteiger partial charge in [-0.05, 0) is 38.3 Å². The first-order valence-electron chi connectivity index (χ1n) is 8.41. The van der Waals surface area contributed by atoms with Gasteiger partial charge in [0.05, 0.1) is 18.0 Å². The van der Waals surface area contributed by atoms with Gasteiger partial charge in [0, 0.05) is 13.1 Å². The van der Waals surface area contributed by atoms with Crippen LogP contribution in [0.1, 0.15) is 26.2 Å². The molecule has 7 nitrogen and oxygen atoms in total. The number of aromatic nitrogens is 3. The van der Waals surface area contributed by atoms with Gasteiger partial charge in [0.15, 0.2) is 5.16 Å². The third-order valence-corrected chi connectivity index (χ3v) is 5.33. The highest BCUT2D eigenvalue weighted by atomic mass is 32.2. The van der Waals surface area contributed by atoms with Crippen LogP contribution in [0, 0.1) is 0 Å². The molecular formula is C17H23N5O2S. The Balaban J connectivity index is 2.07. The third kappa shape index (κ3) is 3.73. The Morgan fingerprint density at radius 1 is 1.24 bits per heavy atom. The molecule has 2 aromatic rings. The van der Waals surface area contributed by atoms with Crippen LogP contribution in [-0.2, 0) is 4.79 Å². The number of piperidine rings is 1. The van der Waals surface area contributed by atoms with Crippen molar-refractivity contribution in [1.29, 1.82) is 0 Å². The number of carbonyl (C=O) groups is 1. The molecule has 0 spiro atoms. The van der Waals surface area contributed by atoms with E-state index < -0.39 is 5.25 Å². The van der Waals surface area contributed by atoms with E-state index in [2.05, 4.69) is 15.1 Å². The van der Waals surface area contributed by atoms with Crippen LogP contribution < -0.4 is 15.4 Å². The van der Waals surface area contributed by atoms with E-state index in [1.165, 1.54) is 18.2 Å². The molecule has 134 valence electrons. The molecule has 0 bridgehead atoms. The fourth-order valence-corrected chi connectivity index (χ4v) is 3.68. The van der Waals surface area contributed by atoms with Crippen molar-refractivity contribution in [3.8, 4) is 11.4 Å². The Morgan fingerprint density at radius 2 is 1.96 bits per heavy atom. The predicted octanol–water partition coefficient (Wildman–Crippen LogP) is 2.23. The van der Waals surface area contributed by atoms with Crippen molar-refractivity contribution in [2.24, 2.45) is 5.73 Å². The monoisotopic (exact) mass is 361 g/mol. The van der Waals surface area contributed by atoms with Crippen molar-refractivity contribution in [2.75, 3.05) is 25.1 Å². The van der Waals surface area contributed by atoms with Crippen molar-refractivity contribution in [3.63, 3.8) is 0 Å². The fourth-order valence-electron chi connectivity index (χ4n) is 2.88. The number of primary amides is 1. The summed E-state index contributed by atoms with van der Waals surface area (Å²) >= 11 is 1.31. The number of hydrogen-bond donors (Lipinski definition) is 1. The molecule has 0 saturated carbocycles. The van der Waals surface area contributed by atoms with Gasteiger partial charge in [0.25, 0.3) is 0 Å². The average molecular weight is 361 g/mol. The number of methoxy groups -OCH3 is 1. The fraction of sp³-hybridized carbons (Fsp3) is 0.471. The van der Waals surface area contributed by atoms with Crippen molar-refractivity contribution in [3.05, 3.63) is 24.3 Å². The number of nitrogens with zero attached hydrogens (tertiary/aromatic N) is 4. The molecule has 1 amide bonds. The molecule has 25 heavy (non-hydrogen) atoms. The second-order valence-corrected chi connectivity index (χ2v) is 7.31. The number of nitrogens with two attached hydrogens (primary N) is 1. The Bertz CT molecular complexity index is 742. The highest BCUT2D eigenvalue weighted by molar-refractivity contribution is 8.00. The molecule has 0 unspecified atom stereocenters. The molecule has 0 aliphatic carbocycles. The second kappa shape index (κ2) is 7.77. The van der Waals surface area contributed by atoms with Crippen LogP contribution in [0.2, 0.25) is 0 Å². The maximum absolute atomic E-state index is 11.5. The molecule has 1 aromatic carbocycles. The van der Waals surface area contributed by atoms with Crippen LogP contribution in [0.15, 0.2) is 29.4 Å². The minimum Gasteiger partial charge on any atom is -0.495 e. The van der Waals surface area contributed by atoms with Gasteiger partial charge in [0.1, 0.15) is 5.75 Å². The number of amides is 1. The van der Waals surface area contributed by atoms with Gasteiger partial charge in [-0.1, -0.05) is 23.9 Å². The van der Waals surface area contributed by atoms with Gasteiger partial charge in [-0.2, -0.15) is 0 Å². The summed E-state index contributed by atoms with van der Waals surface area (Å²) in [6.07, 6.45) is 3.51. The van der Waals surface area contributed by atoms with Gasteiger partial charge in [-0.15, -0.1) is 10.2 Å². The van der Waals surface area contributed by atoms with Crippen LogP contribution in [0.4, 0.5) is 5.95 Å². The molecule has 1 aliphatic heterocycles. The molecule has 2 heterocycles. The summed E-state index contributed by atoms with van der Waals surface area (Å²) < 4.78 is 7.49. The number of thioether (sulfide) groups is 1. The first-order chi connectivity index (χ1) is 12.1. The standard InChI is InChI=1S/C17H23N5O2S/c1-12(15(18)23)25-17-20-19-16(21-10-6-3-7-11-21)22(17)13-8-4-5-9-14(13)24-2/h4-5,8-9,12H,3,6-7,10-11H2,1-2H3,(H2,18,23)/t12-/m1/s1.